The van der Waals surface area contributed by atoms with Gasteiger partial charge in [-0.2, -0.15) is 0 Å². The summed E-state index contributed by atoms with van der Waals surface area (Å²) < 4.78 is 5.16. The third-order valence-electron chi connectivity index (χ3n) is 2.63. The molecular formula is C15H17NO2. The second-order valence-electron chi connectivity index (χ2n) is 5.27. The van der Waals surface area contributed by atoms with E-state index in [0.717, 1.165) is 11.3 Å². The van der Waals surface area contributed by atoms with E-state index in [1.807, 2.05) is 51.1 Å². The number of aliphatic hydroxyl groups excluding tert-OH is 1. The Morgan fingerprint density at radius 3 is 2.44 bits per heavy atom. The van der Waals surface area contributed by atoms with Crippen LogP contribution in [0.3, 0.4) is 0 Å². The van der Waals surface area contributed by atoms with Gasteiger partial charge in [-0.3, -0.25) is 0 Å². The number of hydrogen-bond acceptors (Lipinski definition) is 3. The van der Waals surface area contributed by atoms with Crippen LogP contribution in [0.4, 0.5) is 0 Å². The number of aliphatic hydroxyl groups is 1. The molecule has 0 unspecified atom stereocenters. The average molecular weight is 243 g/mol. The molecule has 1 N–H and O–H groups in total. The highest BCUT2D eigenvalue weighted by Crippen LogP contribution is 2.24. The molecule has 1 aromatic carbocycles. The molecule has 0 bridgehead atoms. The van der Waals surface area contributed by atoms with Crippen molar-refractivity contribution in [3.8, 4) is 0 Å². The van der Waals surface area contributed by atoms with Crippen molar-refractivity contribution in [2.45, 2.75) is 26.2 Å². The van der Waals surface area contributed by atoms with Gasteiger partial charge in [-0.05, 0) is 11.6 Å². The summed E-state index contributed by atoms with van der Waals surface area (Å²) in [7, 11) is 0. The molecule has 2 aromatic rings. The van der Waals surface area contributed by atoms with E-state index < -0.39 is 0 Å². The highest BCUT2D eigenvalue weighted by molar-refractivity contribution is 5.74. The first-order chi connectivity index (χ1) is 8.47. The van der Waals surface area contributed by atoms with Gasteiger partial charge in [0.2, 0.25) is 5.76 Å². The molecule has 94 valence electrons. The van der Waals surface area contributed by atoms with E-state index in [0.29, 0.717) is 5.76 Å². The fraction of sp³-hybridized carbons (Fsp3) is 0.267. The first kappa shape index (κ1) is 12.4. The van der Waals surface area contributed by atoms with Gasteiger partial charge in [0.25, 0.3) is 0 Å². The summed E-state index contributed by atoms with van der Waals surface area (Å²) in [6.45, 7) is 6.14. The molecule has 1 aromatic heterocycles. The van der Waals surface area contributed by atoms with Crippen LogP contribution in [0.1, 0.15) is 37.8 Å². The SMILES string of the molecule is CC(C)(C)c1cc(C(O)=Cc2ccccc2)on1. The number of hydrogen-bond donors (Lipinski definition) is 1. The molecule has 0 saturated heterocycles. The lowest BCUT2D eigenvalue weighted by molar-refractivity contribution is 0.366. The maximum Gasteiger partial charge on any atom is 0.201 e. The lowest BCUT2D eigenvalue weighted by atomic mass is 9.92. The highest BCUT2D eigenvalue weighted by Gasteiger charge is 2.20. The molecule has 0 saturated carbocycles. The highest BCUT2D eigenvalue weighted by atomic mass is 16.5. The summed E-state index contributed by atoms with van der Waals surface area (Å²) in [6, 6.07) is 11.4. The summed E-state index contributed by atoms with van der Waals surface area (Å²) >= 11 is 0. The normalized spacial score (nSPS) is 12.7. The van der Waals surface area contributed by atoms with Crippen molar-refractivity contribution >= 4 is 11.8 Å². The smallest absolute Gasteiger partial charge is 0.201 e. The summed E-state index contributed by atoms with van der Waals surface area (Å²) in [5.74, 6) is 0.480. The van der Waals surface area contributed by atoms with Crippen molar-refractivity contribution in [2.24, 2.45) is 0 Å². The molecular weight excluding hydrogens is 226 g/mol. The van der Waals surface area contributed by atoms with Gasteiger partial charge in [0, 0.05) is 11.5 Å². The number of rotatable bonds is 2. The largest absolute Gasteiger partial charge is 0.504 e. The molecule has 3 nitrogen and oxygen atoms in total. The fourth-order valence-electron chi connectivity index (χ4n) is 1.53. The maximum atomic E-state index is 9.98. The van der Waals surface area contributed by atoms with Crippen LogP contribution >= 0.6 is 0 Å². The summed E-state index contributed by atoms with van der Waals surface area (Å²) in [4.78, 5) is 0. The fourth-order valence-corrected chi connectivity index (χ4v) is 1.53. The quantitative estimate of drug-likeness (QED) is 0.810. The second-order valence-corrected chi connectivity index (χ2v) is 5.27. The van der Waals surface area contributed by atoms with Crippen LogP contribution in [0.25, 0.3) is 11.8 Å². The molecule has 0 aliphatic heterocycles. The Kier molecular flexibility index (Phi) is 3.24. The lowest BCUT2D eigenvalue weighted by Crippen LogP contribution is -2.10. The van der Waals surface area contributed by atoms with Crippen LogP contribution in [0, 0.1) is 0 Å². The van der Waals surface area contributed by atoms with Gasteiger partial charge < -0.3 is 9.63 Å². The minimum Gasteiger partial charge on any atom is -0.504 e. The molecule has 0 radical (unpaired) electrons. The van der Waals surface area contributed by atoms with Crippen molar-refractivity contribution in [1.29, 1.82) is 0 Å². The van der Waals surface area contributed by atoms with Crippen LogP contribution in [-0.4, -0.2) is 10.3 Å². The van der Waals surface area contributed by atoms with Crippen molar-refractivity contribution in [3.63, 3.8) is 0 Å². The van der Waals surface area contributed by atoms with E-state index in [2.05, 4.69) is 5.16 Å². The zero-order chi connectivity index (χ0) is 13.2. The van der Waals surface area contributed by atoms with Gasteiger partial charge in [0.05, 0.1) is 5.69 Å². The van der Waals surface area contributed by atoms with Gasteiger partial charge in [-0.15, -0.1) is 0 Å². The molecule has 0 fully saturated rings. The lowest BCUT2D eigenvalue weighted by Gasteiger charge is -2.12. The molecule has 18 heavy (non-hydrogen) atoms. The topological polar surface area (TPSA) is 46.3 Å². The molecule has 2 rings (SSSR count). The Morgan fingerprint density at radius 2 is 1.89 bits per heavy atom. The Labute approximate surface area is 107 Å². The Morgan fingerprint density at radius 1 is 1.22 bits per heavy atom. The van der Waals surface area contributed by atoms with Crippen LogP contribution in [0.5, 0.6) is 0 Å². The zero-order valence-electron chi connectivity index (χ0n) is 10.8. The van der Waals surface area contributed by atoms with Gasteiger partial charge in [0.15, 0.2) is 5.76 Å². The number of nitrogens with zero attached hydrogens (tertiary/aromatic N) is 1. The van der Waals surface area contributed by atoms with Gasteiger partial charge in [-0.1, -0.05) is 56.3 Å². The van der Waals surface area contributed by atoms with Crippen LogP contribution in [-0.2, 0) is 5.41 Å². The summed E-state index contributed by atoms with van der Waals surface area (Å²) in [5, 5.41) is 14.0. The molecule has 3 heteroatoms. The predicted octanol–water partition coefficient (Wildman–Crippen LogP) is 4.03. The molecule has 0 amide bonds. The standard InChI is InChI=1S/C15H17NO2/c1-15(2,3)14-10-13(18-16-14)12(17)9-11-7-5-4-6-8-11/h4-10,17H,1-3H3. The molecule has 0 aliphatic rings. The van der Waals surface area contributed by atoms with E-state index in [-0.39, 0.29) is 11.2 Å². The van der Waals surface area contributed by atoms with Crippen molar-refractivity contribution in [2.75, 3.05) is 0 Å². The molecule has 1 heterocycles. The number of benzene rings is 1. The Hall–Kier alpha value is -2.03. The monoisotopic (exact) mass is 243 g/mol. The summed E-state index contributed by atoms with van der Waals surface area (Å²) in [5.41, 5.74) is 1.66. The van der Waals surface area contributed by atoms with E-state index in [1.54, 1.807) is 12.1 Å². The number of aromatic nitrogens is 1. The molecule has 0 aliphatic carbocycles. The third-order valence-corrected chi connectivity index (χ3v) is 2.63. The molecule has 0 atom stereocenters. The Balaban J connectivity index is 2.27. The minimum absolute atomic E-state index is 0.0872. The Bertz CT molecular complexity index is 547. The second kappa shape index (κ2) is 4.69. The van der Waals surface area contributed by atoms with Gasteiger partial charge in [0.1, 0.15) is 0 Å². The van der Waals surface area contributed by atoms with E-state index in [9.17, 15) is 5.11 Å². The summed E-state index contributed by atoms with van der Waals surface area (Å²) in [6.07, 6.45) is 1.66. The maximum absolute atomic E-state index is 9.98. The van der Waals surface area contributed by atoms with Crippen molar-refractivity contribution in [1.82, 2.24) is 5.16 Å². The average Bonchev–Trinajstić information content (AvgIpc) is 2.79. The van der Waals surface area contributed by atoms with Crippen LogP contribution in [0.2, 0.25) is 0 Å². The zero-order valence-corrected chi connectivity index (χ0v) is 10.8. The van der Waals surface area contributed by atoms with E-state index >= 15 is 0 Å². The third kappa shape index (κ3) is 2.80. The first-order valence-electron chi connectivity index (χ1n) is 5.90. The van der Waals surface area contributed by atoms with Gasteiger partial charge >= 0.3 is 0 Å². The van der Waals surface area contributed by atoms with Crippen molar-refractivity contribution in [3.05, 3.63) is 53.4 Å². The predicted molar refractivity (Wildman–Crippen MR) is 72.1 cm³/mol. The van der Waals surface area contributed by atoms with Crippen molar-refractivity contribution < 1.29 is 9.63 Å². The van der Waals surface area contributed by atoms with Crippen LogP contribution in [0.15, 0.2) is 40.9 Å². The van der Waals surface area contributed by atoms with E-state index in [4.69, 9.17) is 4.52 Å². The molecule has 0 spiro atoms. The van der Waals surface area contributed by atoms with E-state index in [1.165, 1.54) is 0 Å². The minimum atomic E-state index is -0.0885. The first-order valence-corrected chi connectivity index (χ1v) is 5.90. The van der Waals surface area contributed by atoms with Gasteiger partial charge in [-0.25, -0.2) is 0 Å². The van der Waals surface area contributed by atoms with Crippen LogP contribution < -0.4 is 0 Å².